The van der Waals surface area contributed by atoms with Gasteiger partial charge < -0.3 is 5.32 Å². The van der Waals surface area contributed by atoms with Gasteiger partial charge >= 0.3 is 0 Å². The van der Waals surface area contributed by atoms with Crippen LogP contribution < -0.4 is 5.32 Å². The van der Waals surface area contributed by atoms with Gasteiger partial charge in [0.2, 0.25) is 5.91 Å². The average molecular weight is 364 g/mol. The minimum Gasteiger partial charge on any atom is -0.326 e. The molecule has 0 bridgehead atoms. The molecule has 1 aromatic heterocycles. The quantitative estimate of drug-likeness (QED) is 0.882. The fourth-order valence-corrected chi connectivity index (χ4v) is 4.65. The number of benzene rings is 1. The molecule has 4 rings (SSSR count). The summed E-state index contributed by atoms with van der Waals surface area (Å²) in [6, 6.07) is 8.67. The molecule has 1 atom stereocenters. The summed E-state index contributed by atoms with van der Waals surface area (Å²) >= 11 is 0. The summed E-state index contributed by atoms with van der Waals surface area (Å²) in [5.74, 6) is 0.360. The van der Waals surface area contributed by atoms with E-state index in [4.69, 9.17) is 4.98 Å². The number of carbonyl (C=O) groups excluding carboxylic acids is 1. The topological polar surface area (TPSA) is 58.1 Å². The van der Waals surface area contributed by atoms with Crippen LogP contribution in [0.1, 0.15) is 57.1 Å². The number of aromatic nitrogens is 2. The zero-order chi connectivity index (χ0) is 18.6. The van der Waals surface area contributed by atoms with Gasteiger partial charge in [0, 0.05) is 49.1 Å². The summed E-state index contributed by atoms with van der Waals surface area (Å²) in [4.78, 5) is 23.5. The van der Waals surface area contributed by atoms with Crippen molar-refractivity contribution in [3.8, 4) is 11.3 Å². The van der Waals surface area contributed by atoms with Gasteiger partial charge in [0.05, 0.1) is 11.4 Å². The minimum atomic E-state index is -0.0639. The third-order valence-electron chi connectivity index (χ3n) is 5.86. The van der Waals surface area contributed by atoms with Crippen molar-refractivity contribution in [2.45, 2.75) is 57.4 Å². The highest BCUT2D eigenvalue weighted by Crippen LogP contribution is 2.35. The molecule has 2 heterocycles. The number of rotatable bonds is 4. The number of amides is 1. The van der Waals surface area contributed by atoms with E-state index in [0.29, 0.717) is 5.92 Å². The molecule has 1 aromatic carbocycles. The van der Waals surface area contributed by atoms with E-state index in [1.807, 2.05) is 24.4 Å². The highest BCUT2D eigenvalue weighted by atomic mass is 16.1. The molecular formula is C22H28N4O. The number of hydrogen-bond donors (Lipinski definition) is 1. The van der Waals surface area contributed by atoms with Gasteiger partial charge in [0.1, 0.15) is 0 Å². The van der Waals surface area contributed by atoms with Crippen LogP contribution in [-0.2, 0) is 4.79 Å². The van der Waals surface area contributed by atoms with Crippen LogP contribution in [-0.4, -0.2) is 39.9 Å². The lowest BCUT2D eigenvalue weighted by molar-refractivity contribution is -0.114. The second-order valence-corrected chi connectivity index (χ2v) is 7.82. The van der Waals surface area contributed by atoms with Gasteiger partial charge in [0.15, 0.2) is 0 Å². The molecule has 0 unspecified atom stereocenters. The van der Waals surface area contributed by atoms with Gasteiger partial charge in [-0.25, -0.2) is 0 Å². The van der Waals surface area contributed by atoms with Crippen LogP contribution in [0.25, 0.3) is 11.3 Å². The molecule has 1 aliphatic carbocycles. The van der Waals surface area contributed by atoms with E-state index in [1.165, 1.54) is 52.0 Å². The van der Waals surface area contributed by atoms with E-state index in [-0.39, 0.29) is 5.91 Å². The molecule has 142 valence electrons. The SMILES string of the molecule is CC(=O)Nc1cccc(-c2nccnc2[C@H]2CCCN(C3CCCC3)C2)c1. The summed E-state index contributed by atoms with van der Waals surface area (Å²) in [7, 11) is 0. The van der Waals surface area contributed by atoms with E-state index in [1.54, 1.807) is 6.20 Å². The number of nitrogens with zero attached hydrogens (tertiary/aromatic N) is 3. The zero-order valence-corrected chi connectivity index (χ0v) is 16.0. The predicted octanol–water partition coefficient (Wildman–Crippen LogP) is 4.22. The Bertz CT molecular complexity index is 800. The van der Waals surface area contributed by atoms with Crippen LogP contribution in [0.5, 0.6) is 0 Å². The molecule has 2 aliphatic rings. The number of carbonyl (C=O) groups is 1. The lowest BCUT2D eigenvalue weighted by Gasteiger charge is -2.37. The van der Waals surface area contributed by atoms with Crippen molar-refractivity contribution in [3.05, 3.63) is 42.4 Å². The van der Waals surface area contributed by atoms with E-state index >= 15 is 0 Å². The summed E-state index contributed by atoms with van der Waals surface area (Å²) < 4.78 is 0. The van der Waals surface area contributed by atoms with Crippen LogP contribution in [0, 0.1) is 0 Å². The molecule has 5 nitrogen and oxygen atoms in total. The molecule has 2 aromatic rings. The summed E-state index contributed by atoms with van der Waals surface area (Å²) in [6.07, 6.45) is 11.4. The molecule has 0 radical (unpaired) electrons. The smallest absolute Gasteiger partial charge is 0.221 e. The number of nitrogens with one attached hydrogen (secondary N) is 1. The molecule has 0 spiro atoms. The largest absolute Gasteiger partial charge is 0.326 e. The van der Waals surface area contributed by atoms with Crippen LogP contribution in [0.3, 0.4) is 0 Å². The average Bonchev–Trinajstić information content (AvgIpc) is 3.23. The predicted molar refractivity (Wildman–Crippen MR) is 108 cm³/mol. The van der Waals surface area contributed by atoms with Gasteiger partial charge in [-0.05, 0) is 44.4 Å². The van der Waals surface area contributed by atoms with Crippen LogP contribution in [0.4, 0.5) is 5.69 Å². The van der Waals surface area contributed by atoms with E-state index < -0.39 is 0 Å². The number of anilines is 1. The van der Waals surface area contributed by atoms with Crippen LogP contribution in [0.2, 0.25) is 0 Å². The Morgan fingerprint density at radius 1 is 1.11 bits per heavy atom. The minimum absolute atomic E-state index is 0.0639. The second-order valence-electron chi connectivity index (χ2n) is 7.82. The third-order valence-corrected chi connectivity index (χ3v) is 5.86. The Kier molecular flexibility index (Phi) is 5.48. The molecule has 27 heavy (non-hydrogen) atoms. The lowest BCUT2D eigenvalue weighted by atomic mass is 9.90. The van der Waals surface area contributed by atoms with Crippen LogP contribution >= 0.6 is 0 Å². The first-order valence-electron chi connectivity index (χ1n) is 10.1. The number of likely N-dealkylation sites (tertiary alicyclic amines) is 1. The number of hydrogen-bond acceptors (Lipinski definition) is 4. The maximum Gasteiger partial charge on any atom is 0.221 e. The lowest BCUT2D eigenvalue weighted by Crippen LogP contribution is -2.41. The van der Waals surface area contributed by atoms with Gasteiger partial charge in [-0.3, -0.25) is 19.7 Å². The Balaban J connectivity index is 1.60. The Morgan fingerprint density at radius 3 is 2.74 bits per heavy atom. The highest BCUT2D eigenvalue weighted by molar-refractivity contribution is 5.89. The first-order valence-corrected chi connectivity index (χ1v) is 10.1. The first kappa shape index (κ1) is 18.1. The molecule has 1 saturated heterocycles. The van der Waals surface area contributed by atoms with Crippen molar-refractivity contribution < 1.29 is 4.79 Å². The van der Waals surface area contributed by atoms with E-state index in [2.05, 4.69) is 21.3 Å². The van der Waals surface area contributed by atoms with Crippen molar-refractivity contribution in [1.82, 2.24) is 14.9 Å². The molecule has 1 aliphatic heterocycles. The zero-order valence-electron chi connectivity index (χ0n) is 16.0. The molecule has 1 N–H and O–H groups in total. The monoisotopic (exact) mass is 364 g/mol. The van der Waals surface area contributed by atoms with Crippen molar-refractivity contribution >= 4 is 11.6 Å². The van der Waals surface area contributed by atoms with Crippen molar-refractivity contribution in [3.63, 3.8) is 0 Å². The summed E-state index contributed by atoms with van der Waals surface area (Å²) in [6.45, 7) is 3.83. The number of piperidine rings is 1. The van der Waals surface area contributed by atoms with Crippen molar-refractivity contribution in [2.24, 2.45) is 0 Å². The molecule has 5 heteroatoms. The standard InChI is InChI=1S/C22H28N4O/c1-16(27)25-19-8-4-6-17(14-19)21-22(24-12-11-23-21)18-7-5-13-26(15-18)20-9-2-3-10-20/h4,6,8,11-12,14,18,20H,2-3,5,7,9-10,13,15H2,1H3,(H,25,27)/t18-/m0/s1. The normalized spacial score (nSPS) is 21.3. The first-order chi connectivity index (χ1) is 13.2. The summed E-state index contributed by atoms with van der Waals surface area (Å²) in [5, 5.41) is 2.86. The molecule has 1 amide bonds. The van der Waals surface area contributed by atoms with E-state index in [0.717, 1.165) is 35.2 Å². The van der Waals surface area contributed by atoms with Gasteiger partial charge in [-0.2, -0.15) is 0 Å². The van der Waals surface area contributed by atoms with Crippen molar-refractivity contribution in [1.29, 1.82) is 0 Å². The second kappa shape index (κ2) is 8.17. The molecule has 1 saturated carbocycles. The molecule has 2 fully saturated rings. The molecular weight excluding hydrogens is 336 g/mol. The third kappa shape index (κ3) is 4.19. The summed E-state index contributed by atoms with van der Waals surface area (Å²) in [5.41, 5.74) is 3.86. The van der Waals surface area contributed by atoms with Gasteiger partial charge in [0.25, 0.3) is 0 Å². The highest BCUT2D eigenvalue weighted by Gasteiger charge is 2.30. The maximum atomic E-state index is 11.4. The Hall–Kier alpha value is -2.27. The van der Waals surface area contributed by atoms with Gasteiger partial charge in [-0.1, -0.05) is 25.0 Å². The van der Waals surface area contributed by atoms with Crippen LogP contribution in [0.15, 0.2) is 36.7 Å². The van der Waals surface area contributed by atoms with Crippen molar-refractivity contribution in [2.75, 3.05) is 18.4 Å². The Morgan fingerprint density at radius 2 is 1.93 bits per heavy atom. The fraction of sp³-hybridized carbons (Fsp3) is 0.500. The van der Waals surface area contributed by atoms with E-state index in [9.17, 15) is 4.79 Å². The van der Waals surface area contributed by atoms with Gasteiger partial charge in [-0.15, -0.1) is 0 Å². The Labute approximate surface area is 161 Å². The fourth-order valence-electron chi connectivity index (χ4n) is 4.65. The maximum absolute atomic E-state index is 11.4.